The highest BCUT2D eigenvalue weighted by atomic mass is 16.6. The zero-order valence-electron chi connectivity index (χ0n) is 11.5. The zero-order valence-corrected chi connectivity index (χ0v) is 11.5. The van der Waals surface area contributed by atoms with Gasteiger partial charge in [0.05, 0.1) is 13.1 Å². The van der Waals surface area contributed by atoms with Crippen molar-refractivity contribution in [3.8, 4) is 5.88 Å². The maximum atomic E-state index is 12.1. The van der Waals surface area contributed by atoms with Crippen LogP contribution < -0.4 is 4.74 Å². The van der Waals surface area contributed by atoms with Crippen molar-refractivity contribution in [2.24, 2.45) is 0 Å². The lowest BCUT2D eigenvalue weighted by molar-refractivity contribution is -0.130. The van der Waals surface area contributed by atoms with Crippen LogP contribution in [0.4, 0.5) is 4.79 Å². The van der Waals surface area contributed by atoms with Gasteiger partial charge in [0.15, 0.2) is 0 Å². The Morgan fingerprint density at radius 3 is 3.10 bits per heavy atom. The van der Waals surface area contributed by atoms with E-state index >= 15 is 0 Å². The van der Waals surface area contributed by atoms with Crippen LogP contribution in [0, 0.1) is 0 Å². The predicted molar refractivity (Wildman–Crippen MR) is 70.6 cm³/mol. The Labute approximate surface area is 121 Å². The van der Waals surface area contributed by atoms with E-state index in [0.717, 1.165) is 6.42 Å². The van der Waals surface area contributed by atoms with Gasteiger partial charge in [-0.2, -0.15) is 0 Å². The lowest BCUT2D eigenvalue weighted by Gasteiger charge is -2.19. The molecule has 0 spiro atoms. The van der Waals surface area contributed by atoms with Gasteiger partial charge in [-0.05, 0) is 0 Å². The third-order valence-corrected chi connectivity index (χ3v) is 3.51. The second kappa shape index (κ2) is 5.94. The normalized spacial score (nSPS) is 21.5. The van der Waals surface area contributed by atoms with Crippen molar-refractivity contribution in [3.05, 3.63) is 18.6 Å². The Hall–Kier alpha value is -2.38. The number of likely N-dealkylation sites (tertiary alicyclic amines) is 1. The standard InChI is InChI=1S/C13H16N4O4/c18-12(8-17-5-6-20-13(17)19)16-4-2-10(7-16)21-11-1-3-14-9-15-11/h1,3,9-10H,2,4-8H2. The van der Waals surface area contributed by atoms with Crippen LogP contribution in [0.25, 0.3) is 0 Å². The van der Waals surface area contributed by atoms with E-state index < -0.39 is 6.09 Å². The number of aromatic nitrogens is 2. The summed E-state index contributed by atoms with van der Waals surface area (Å²) in [5, 5.41) is 0. The van der Waals surface area contributed by atoms with Crippen molar-refractivity contribution >= 4 is 12.0 Å². The molecule has 3 heterocycles. The van der Waals surface area contributed by atoms with Crippen LogP contribution in [0.15, 0.2) is 18.6 Å². The van der Waals surface area contributed by atoms with Crippen LogP contribution in [-0.4, -0.2) is 70.7 Å². The Bertz CT molecular complexity index is 524. The van der Waals surface area contributed by atoms with Gasteiger partial charge in [-0.15, -0.1) is 0 Å². The molecule has 1 atom stereocenters. The second-order valence-corrected chi connectivity index (χ2v) is 4.95. The van der Waals surface area contributed by atoms with Crippen molar-refractivity contribution < 1.29 is 19.1 Å². The highest BCUT2D eigenvalue weighted by molar-refractivity contribution is 5.83. The average Bonchev–Trinajstić information content (AvgIpc) is 3.10. The van der Waals surface area contributed by atoms with E-state index in [-0.39, 0.29) is 18.6 Å². The third-order valence-electron chi connectivity index (χ3n) is 3.51. The number of hydrogen-bond donors (Lipinski definition) is 0. The van der Waals surface area contributed by atoms with Gasteiger partial charge < -0.3 is 14.4 Å². The lowest BCUT2D eigenvalue weighted by atomic mass is 10.3. The van der Waals surface area contributed by atoms with Crippen molar-refractivity contribution in [1.82, 2.24) is 19.8 Å². The number of carbonyl (C=O) groups is 2. The fraction of sp³-hybridized carbons (Fsp3) is 0.538. The molecule has 1 unspecified atom stereocenters. The number of rotatable bonds is 4. The third kappa shape index (κ3) is 3.21. The quantitative estimate of drug-likeness (QED) is 0.771. The summed E-state index contributed by atoms with van der Waals surface area (Å²) in [6.45, 7) is 2.02. The van der Waals surface area contributed by atoms with Crippen molar-refractivity contribution in [2.45, 2.75) is 12.5 Å². The topological polar surface area (TPSA) is 84.9 Å². The SMILES string of the molecule is O=C(CN1CCOC1=O)N1CCC(Oc2ccncn2)C1. The first kappa shape index (κ1) is 13.6. The zero-order chi connectivity index (χ0) is 14.7. The summed E-state index contributed by atoms with van der Waals surface area (Å²) in [7, 11) is 0. The maximum absolute atomic E-state index is 12.1. The molecule has 2 amide bonds. The number of amides is 2. The van der Waals surface area contributed by atoms with E-state index in [1.54, 1.807) is 17.2 Å². The molecule has 112 valence electrons. The molecule has 0 aliphatic carbocycles. The molecule has 2 aliphatic rings. The first-order chi connectivity index (χ1) is 10.2. The molecule has 21 heavy (non-hydrogen) atoms. The van der Waals surface area contributed by atoms with Gasteiger partial charge in [0, 0.05) is 25.2 Å². The Morgan fingerprint density at radius 2 is 2.38 bits per heavy atom. The Morgan fingerprint density at radius 1 is 1.48 bits per heavy atom. The molecular weight excluding hydrogens is 276 g/mol. The molecule has 0 N–H and O–H groups in total. The monoisotopic (exact) mass is 292 g/mol. The van der Waals surface area contributed by atoms with Crippen molar-refractivity contribution in [3.63, 3.8) is 0 Å². The molecule has 1 aromatic rings. The van der Waals surface area contributed by atoms with E-state index in [2.05, 4.69) is 9.97 Å². The molecule has 2 aliphatic heterocycles. The van der Waals surface area contributed by atoms with Gasteiger partial charge in [-0.3, -0.25) is 9.69 Å². The minimum atomic E-state index is -0.420. The van der Waals surface area contributed by atoms with E-state index in [4.69, 9.17) is 9.47 Å². The lowest BCUT2D eigenvalue weighted by Crippen LogP contribution is -2.40. The molecule has 8 heteroatoms. The summed E-state index contributed by atoms with van der Waals surface area (Å²) in [5.41, 5.74) is 0. The number of nitrogens with zero attached hydrogens (tertiary/aromatic N) is 4. The molecule has 0 radical (unpaired) electrons. The van der Waals surface area contributed by atoms with Gasteiger partial charge in [0.2, 0.25) is 11.8 Å². The summed E-state index contributed by atoms with van der Waals surface area (Å²) in [4.78, 5) is 34.4. The van der Waals surface area contributed by atoms with E-state index in [1.807, 2.05) is 0 Å². The van der Waals surface area contributed by atoms with Crippen LogP contribution in [-0.2, 0) is 9.53 Å². The molecule has 2 fully saturated rings. The van der Waals surface area contributed by atoms with Crippen molar-refractivity contribution in [2.75, 3.05) is 32.8 Å². The Kier molecular flexibility index (Phi) is 3.85. The van der Waals surface area contributed by atoms with E-state index in [0.29, 0.717) is 32.1 Å². The molecule has 0 bridgehead atoms. The molecular formula is C13H16N4O4. The Balaban J connectivity index is 1.50. The minimum Gasteiger partial charge on any atom is -0.472 e. The minimum absolute atomic E-state index is 0.0685. The van der Waals surface area contributed by atoms with Gasteiger partial charge in [0.1, 0.15) is 25.6 Å². The highest BCUT2D eigenvalue weighted by Gasteiger charge is 2.31. The largest absolute Gasteiger partial charge is 0.472 e. The number of hydrogen-bond acceptors (Lipinski definition) is 6. The van der Waals surface area contributed by atoms with Crippen LogP contribution in [0.2, 0.25) is 0 Å². The molecule has 0 saturated carbocycles. The smallest absolute Gasteiger partial charge is 0.410 e. The molecule has 0 aromatic carbocycles. The number of carbonyl (C=O) groups excluding carboxylic acids is 2. The summed E-state index contributed by atoms with van der Waals surface area (Å²) in [6.07, 6.45) is 3.29. The molecule has 8 nitrogen and oxygen atoms in total. The highest BCUT2D eigenvalue weighted by Crippen LogP contribution is 2.16. The summed E-state index contributed by atoms with van der Waals surface area (Å²) in [6, 6.07) is 1.69. The first-order valence-electron chi connectivity index (χ1n) is 6.84. The fourth-order valence-electron chi connectivity index (χ4n) is 2.40. The number of cyclic esters (lactones) is 1. The molecule has 3 rings (SSSR count). The summed E-state index contributed by atoms with van der Waals surface area (Å²) < 4.78 is 10.5. The number of ether oxygens (including phenoxy) is 2. The summed E-state index contributed by atoms with van der Waals surface area (Å²) >= 11 is 0. The predicted octanol–water partition coefficient (Wildman–Crippen LogP) is -0.0915. The average molecular weight is 292 g/mol. The van der Waals surface area contributed by atoms with Crippen LogP contribution >= 0.6 is 0 Å². The maximum Gasteiger partial charge on any atom is 0.410 e. The fourth-order valence-corrected chi connectivity index (χ4v) is 2.40. The van der Waals surface area contributed by atoms with Crippen LogP contribution in [0.3, 0.4) is 0 Å². The van der Waals surface area contributed by atoms with Crippen LogP contribution in [0.1, 0.15) is 6.42 Å². The van der Waals surface area contributed by atoms with Gasteiger partial charge >= 0.3 is 6.09 Å². The van der Waals surface area contributed by atoms with Gasteiger partial charge in [0.25, 0.3) is 0 Å². The van der Waals surface area contributed by atoms with E-state index in [9.17, 15) is 9.59 Å². The van der Waals surface area contributed by atoms with Gasteiger partial charge in [-0.1, -0.05) is 0 Å². The van der Waals surface area contributed by atoms with Crippen LogP contribution in [0.5, 0.6) is 5.88 Å². The second-order valence-electron chi connectivity index (χ2n) is 4.95. The first-order valence-corrected chi connectivity index (χ1v) is 6.84. The summed E-state index contributed by atoms with van der Waals surface area (Å²) in [5.74, 6) is 0.426. The molecule has 1 aromatic heterocycles. The molecule has 2 saturated heterocycles. The van der Waals surface area contributed by atoms with Gasteiger partial charge in [-0.25, -0.2) is 14.8 Å². The van der Waals surface area contributed by atoms with E-state index in [1.165, 1.54) is 11.2 Å². The van der Waals surface area contributed by atoms with Crippen molar-refractivity contribution in [1.29, 1.82) is 0 Å².